The Morgan fingerprint density at radius 2 is 1.71 bits per heavy atom. The van der Waals surface area contributed by atoms with E-state index in [9.17, 15) is 9.59 Å². The van der Waals surface area contributed by atoms with Crippen molar-refractivity contribution in [1.29, 1.82) is 0 Å². The number of nitrogens with zero attached hydrogens (tertiary/aromatic N) is 1. The Balaban J connectivity index is 2.12. The largest absolute Gasteiger partial charge is 0.465 e. The van der Waals surface area contributed by atoms with Crippen LogP contribution in [0, 0.1) is 0 Å². The monoisotopic (exact) mass is 415 g/mol. The molecule has 0 unspecified atom stereocenters. The van der Waals surface area contributed by atoms with Gasteiger partial charge in [0, 0.05) is 15.7 Å². The fraction of sp³-hybridized carbons (Fsp3) is 0.182. The van der Waals surface area contributed by atoms with E-state index in [0.717, 1.165) is 12.0 Å². The van der Waals surface area contributed by atoms with Crippen LogP contribution in [0.15, 0.2) is 59.3 Å². The molecule has 0 atom stereocenters. The van der Waals surface area contributed by atoms with E-state index in [1.807, 2.05) is 24.3 Å². The first-order valence-electron chi connectivity index (χ1n) is 8.76. The molecule has 0 saturated carbocycles. The summed E-state index contributed by atoms with van der Waals surface area (Å²) in [6, 6.07) is 12.7. The van der Waals surface area contributed by atoms with Crippen LogP contribution in [0.25, 0.3) is 6.08 Å². The summed E-state index contributed by atoms with van der Waals surface area (Å²) in [6.45, 7) is 3.77. The minimum Gasteiger partial charge on any atom is -0.465 e. The lowest BCUT2D eigenvalue weighted by molar-refractivity contribution is -0.136. The van der Waals surface area contributed by atoms with Crippen LogP contribution in [-0.2, 0) is 20.7 Å². The number of aryl methyl sites for hydroxylation is 1. The van der Waals surface area contributed by atoms with Gasteiger partial charge in [0.2, 0.25) is 0 Å². The van der Waals surface area contributed by atoms with Gasteiger partial charge in [-0.25, -0.2) is 4.79 Å². The van der Waals surface area contributed by atoms with E-state index in [2.05, 4.69) is 6.92 Å². The molecule has 4 nitrogen and oxygen atoms in total. The summed E-state index contributed by atoms with van der Waals surface area (Å²) in [6.07, 6.45) is 2.62. The van der Waals surface area contributed by atoms with Crippen molar-refractivity contribution in [2.75, 3.05) is 12.0 Å². The van der Waals surface area contributed by atoms with Crippen LogP contribution in [0.1, 0.15) is 25.0 Å². The smallest absolute Gasteiger partial charge is 0.340 e. The zero-order valence-corrected chi connectivity index (χ0v) is 17.3. The van der Waals surface area contributed by atoms with Crippen molar-refractivity contribution in [3.63, 3.8) is 0 Å². The number of carbonyl (C=O) groups is 2. The van der Waals surface area contributed by atoms with Gasteiger partial charge in [-0.05, 0) is 48.7 Å². The number of allylic oxidation sites excluding steroid dienone is 1. The van der Waals surface area contributed by atoms with Gasteiger partial charge in [0.25, 0.3) is 5.91 Å². The number of rotatable bonds is 4. The van der Waals surface area contributed by atoms with Crippen molar-refractivity contribution in [3.05, 3.63) is 80.5 Å². The van der Waals surface area contributed by atoms with E-state index in [1.165, 1.54) is 17.6 Å². The molecule has 0 aromatic heterocycles. The number of halogens is 2. The molecular weight excluding hydrogens is 397 g/mol. The van der Waals surface area contributed by atoms with Crippen molar-refractivity contribution in [2.24, 2.45) is 0 Å². The molecule has 0 N–H and O–H groups in total. The SMILES string of the molecule is CCc1ccc(/C=C2\C(=O)N(c3cc(Cl)cc(Cl)c3)C(C)=C2C(=O)OC)cc1. The van der Waals surface area contributed by atoms with Gasteiger partial charge in [0.05, 0.1) is 23.9 Å². The predicted molar refractivity (Wildman–Crippen MR) is 112 cm³/mol. The van der Waals surface area contributed by atoms with Crippen molar-refractivity contribution in [3.8, 4) is 0 Å². The molecule has 0 aliphatic carbocycles. The maximum Gasteiger partial charge on any atom is 0.340 e. The highest BCUT2D eigenvalue weighted by Crippen LogP contribution is 2.37. The summed E-state index contributed by atoms with van der Waals surface area (Å²) in [4.78, 5) is 27.1. The molecule has 2 aromatic carbocycles. The van der Waals surface area contributed by atoms with Gasteiger partial charge >= 0.3 is 5.97 Å². The summed E-state index contributed by atoms with van der Waals surface area (Å²) in [5.74, 6) is -0.909. The molecule has 0 radical (unpaired) electrons. The van der Waals surface area contributed by atoms with E-state index in [0.29, 0.717) is 21.4 Å². The first kappa shape index (κ1) is 20.2. The highest BCUT2D eigenvalue weighted by atomic mass is 35.5. The second kappa shape index (κ2) is 8.21. The van der Waals surface area contributed by atoms with Gasteiger partial charge in [-0.15, -0.1) is 0 Å². The van der Waals surface area contributed by atoms with E-state index in [1.54, 1.807) is 31.2 Å². The zero-order chi connectivity index (χ0) is 20.4. The van der Waals surface area contributed by atoms with Crippen LogP contribution >= 0.6 is 23.2 Å². The van der Waals surface area contributed by atoms with Crippen LogP contribution in [0.4, 0.5) is 5.69 Å². The fourth-order valence-corrected chi connectivity index (χ4v) is 3.69. The topological polar surface area (TPSA) is 46.6 Å². The number of ether oxygens (including phenoxy) is 1. The summed E-state index contributed by atoms with van der Waals surface area (Å²) in [5.41, 5.74) is 3.46. The lowest BCUT2D eigenvalue weighted by atomic mass is 10.0. The Hall–Kier alpha value is -2.56. The molecule has 3 rings (SSSR count). The number of carbonyl (C=O) groups excluding carboxylic acids is 2. The third-order valence-electron chi connectivity index (χ3n) is 4.59. The number of hydrogen-bond donors (Lipinski definition) is 0. The Labute approximate surface area is 174 Å². The molecule has 28 heavy (non-hydrogen) atoms. The van der Waals surface area contributed by atoms with Gasteiger partial charge < -0.3 is 4.74 Å². The van der Waals surface area contributed by atoms with E-state index >= 15 is 0 Å². The van der Waals surface area contributed by atoms with Crippen molar-refractivity contribution < 1.29 is 14.3 Å². The molecule has 2 aromatic rings. The zero-order valence-electron chi connectivity index (χ0n) is 15.8. The number of methoxy groups -OCH3 is 1. The molecule has 1 heterocycles. The molecule has 0 saturated heterocycles. The first-order chi connectivity index (χ1) is 13.3. The second-order valence-electron chi connectivity index (χ2n) is 6.37. The molecule has 1 aliphatic rings. The standard InChI is InChI=1S/C22H19Cl2NO3/c1-4-14-5-7-15(8-6-14)9-19-20(22(27)28-3)13(2)25(21(19)26)18-11-16(23)10-17(24)12-18/h5-12H,4H2,1-3H3/b19-9-. The Kier molecular flexibility index (Phi) is 5.92. The van der Waals surface area contributed by atoms with Crippen LogP contribution in [-0.4, -0.2) is 19.0 Å². The van der Waals surface area contributed by atoms with Crippen LogP contribution in [0.2, 0.25) is 10.0 Å². The number of amides is 1. The lowest BCUT2D eigenvalue weighted by Gasteiger charge is -2.18. The number of esters is 1. The van der Waals surface area contributed by atoms with E-state index in [-0.39, 0.29) is 17.1 Å². The van der Waals surface area contributed by atoms with Crippen LogP contribution in [0.3, 0.4) is 0 Å². The third-order valence-corrected chi connectivity index (χ3v) is 5.03. The molecular formula is C22H19Cl2NO3. The Morgan fingerprint density at radius 3 is 2.25 bits per heavy atom. The first-order valence-corrected chi connectivity index (χ1v) is 9.52. The average molecular weight is 416 g/mol. The molecule has 1 aliphatic heterocycles. The van der Waals surface area contributed by atoms with Crippen LogP contribution in [0.5, 0.6) is 0 Å². The molecule has 144 valence electrons. The minimum atomic E-state index is -0.571. The van der Waals surface area contributed by atoms with Gasteiger partial charge in [0.15, 0.2) is 0 Å². The van der Waals surface area contributed by atoms with E-state index in [4.69, 9.17) is 27.9 Å². The van der Waals surface area contributed by atoms with Crippen LogP contribution < -0.4 is 4.90 Å². The summed E-state index contributed by atoms with van der Waals surface area (Å²) in [5, 5.41) is 0.797. The molecule has 6 heteroatoms. The van der Waals surface area contributed by atoms with Gasteiger partial charge in [-0.1, -0.05) is 54.4 Å². The predicted octanol–water partition coefficient (Wildman–Crippen LogP) is 5.43. The normalized spacial score (nSPS) is 15.5. The Morgan fingerprint density at radius 1 is 1.11 bits per heavy atom. The van der Waals surface area contributed by atoms with Gasteiger partial charge in [0.1, 0.15) is 0 Å². The highest BCUT2D eigenvalue weighted by molar-refractivity contribution is 6.35. The number of benzene rings is 2. The summed E-state index contributed by atoms with van der Waals surface area (Å²) in [7, 11) is 1.29. The lowest BCUT2D eigenvalue weighted by Crippen LogP contribution is -2.24. The maximum absolute atomic E-state index is 13.2. The molecule has 0 fully saturated rings. The summed E-state index contributed by atoms with van der Waals surface area (Å²) >= 11 is 12.2. The summed E-state index contributed by atoms with van der Waals surface area (Å²) < 4.78 is 4.92. The molecule has 0 spiro atoms. The quantitative estimate of drug-likeness (QED) is 0.493. The number of anilines is 1. The van der Waals surface area contributed by atoms with Gasteiger partial charge in [-0.3, -0.25) is 9.69 Å². The van der Waals surface area contributed by atoms with Crippen molar-refractivity contribution in [1.82, 2.24) is 0 Å². The average Bonchev–Trinajstić information content (AvgIpc) is 2.91. The molecule has 1 amide bonds. The fourth-order valence-electron chi connectivity index (χ4n) is 3.18. The second-order valence-corrected chi connectivity index (χ2v) is 7.25. The van der Waals surface area contributed by atoms with Gasteiger partial charge in [-0.2, -0.15) is 0 Å². The van der Waals surface area contributed by atoms with E-state index < -0.39 is 5.97 Å². The number of hydrogen-bond acceptors (Lipinski definition) is 3. The molecule has 0 bridgehead atoms. The third kappa shape index (κ3) is 3.84. The van der Waals surface area contributed by atoms with Crippen molar-refractivity contribution in [2.45, 2.75) is 20.3 Å². The van der Waals surface area contributed by atoms with Crippen molar-refractivity contribution >= 4 is 46.8 Å². The maximum atomic E-state index is 13.2. The minimum absolute atomic E-state index is 0.225. The highest BCUT2D eigenvalue weighted by Gasteiger charge is 2.38. The Bertz CT molecular complexity index is 987.